The first-order valence-corrected chi connectivity index (χ1v) is 8.36. The number of anilines is 2. The van der Waals surface area contributed by atoms with E-state index in [1.165, 1.54) is 0 Å². The van der Waals surface area contributed by atoms with Gasteiger partial charge in [-0.2, -0.15) is 0 Å². The molecule has 118 valence electrons. The lowest BCUT2D eigenvalue weighted by atomic mass is 9.91. The Balaban J connectivity index is 1.95. The molecule has 2 aliphatic rings. The van der Waals surface area contributed by atoms with Gasteiger partial charge in [0.25, 0.3) is 0 Å². The summed E-state index contributed by atoms with van der Waals surface area (Å²) in [7, 11) is 0. The average molecular weight is 347 g/mol. The molecule has 0 saturated carbocycles. The first-order chi connectivity index (χ1) is 11.0. The molecule has 2 aromatic rings. The largest absolute Gasteiger partial charge is 0.321 e. The number of alkyl halides is 2. The lowest BCUT2D eigenvalue weighted by molar-refractivity contribution is -0.107. The molecule has 2 atom stereocenters. The molecule has 2 heterocycles. The smallest absolute Gasteiger partial charge is 0.219 e. The fourth-order valence-electron chi connectivity index (χ4n) is 3.85. The molecule has 2 aromatic carbocycles. The van der Waals surface area contributed by atoms with Gasteiger partial charge in [-0.15, -0.1) is 0 Å². The summed E-state index contributed by atoms with van der Waals surface area (Å²) in [6, 6.07) is 17.8. The van der Waals surface area contributed by atoms with Crippen LogP contribution in [0, 0.1) is 0 Å². The van der Waals surface area contributed by atoms with Gasteiger partial charge in [-0.05, 0) is 24.6 Å². The zero-order valence-corrected chi connectivity index (χ0v) is 14.1. The predicted octanol–water partition coefficient (Wildman–Crippen LogP) is 4.29. The number of carbonyl (C=O) groups is 1. The number of fused-ring (bicyclic) bond motifs is 3. The number of halogens is 2. The van der Waals surface area contributed by atoms with Crippen LogP contribution in [0.2, 0.25) is 0 Å². The minimum Gasteiger partial charge on any atom is -0.321 e. The predicted molar refractivity (Wildman–Crippen MR) is 94.1 cm³/mol. The standard InChI is InChI=1S/C18H16Cl2N2O/c1-13-11-17(14-7-3-2-4-8-14)18(19,20)22(17)16-10-6-5-9-15(16)21(13)12-23/h2-10,12-13H,11H2,1H3. The highest BCUT2D eigenvalue weighted by atomic mass is 35.5. The van der Waals surface area contributed by atoms with Crippen LogP contribution < -0.4 is 9.80 Å². The van der Waals surface area contributed by atoms with Crippen molar-refractivity contribution in [2.75, 3.05) is 9.80 Å². The monoisotopic (exact) mass is 346 g/mol. The van der Waals surface area contributed by atoms with Crippen molar-refractivity contribution in [3.8, 4) is 0 Å². The number of para-hydroxylation sites is 2. The van der Waals surface area contributed by atoms with Gasteiger partial charge >= 0.3 is 0 Å². The zero-order chi connectivity index (χ0) is 16.2. The maximum Gasteiger partial charge on any atom is 0.219 e. The van der Waals surface area contributed by atoms with E-state index < -0.39 is 10.00 Å². The van der Waals surface area contributed by atoms with Gasteiger partial charge in [0.05, 0.1) is 11.4 Å². The number of hydrogen-bond donors (Lipinski definition) is 0. The number of nitrogens with zero attached hydrogens (tertiary/aromatic N) is 2. The van der Waals surface area contributed by atoms with Crippen molar-refractivity contribution >= 4 is 41.0 Å². The fourth-order valence-corrected chi connectivity index (χ4v) is 4.78. The van der Waals surface area contributed by atoms with Crippen molar-refractivity contribution in [3.05, 3.63) is 60.2 Å². The van der Waals surface area contributed by atoms with Crippen LogP contribution in [0.3, 0.4) is 0 Å². The Bertz CT molecular complexity index is 765. The molecule has 1 saturated heterocycles. The summed E-state index contributed by atoms with van der Waals surface area (Å²) in [4.78, 5) is 15.4. The van der Waals surface area contributed by atoms with E-state index in [0.29, 0.717) is 6.42 Å². The summed E-state index contributed by atoms with van der Waals surface area (Å²) in [6.07, 6.45) is 1.55. The SMILES string of the molecule is CC1CC2(c3ccccc3)N(c3ccccc3N1C=O)C2(Cl)Cl. The first-order valence-electron chi connectivity index (χ1n) is 7.60. The zero-order valence-electron chi connectivity index (χ0n) is 12.6. The number of benzene rings is 2. The fraction of sp³-hybridized carbons (Fsp3) is 0.278. The molecule has 2 unspecified atom stereocenters. The van der Waals surface area contributed by atoms with Crippen LogP contribution in [0.25, 0.3) is 0 Å². The van der Waals surface area contributed by atoms with E-state index in [2.05, 4.69) is 0 Å². The van der Waals surface area contributed by atoms with Crippen LogP contribution in [0.15, 0.2) is 54.6 Å². The third-order valence-electron chi connectivity index (χ3n) is 4.94. The summed E-state index contributed by atoms with van der Waals surface area (Å²) < 4.78 is -1.02. The Morgan fingerprint density at radius 3 is 2.30 bits per heavy atom. The van der Waals surface area contributed by atoms with Gasteiger partial charge in [-0.3, -0.25) is 4.79 Å². The lowest BCUT2D eigenvalue weighted by Crippen LogP contribution is -2.35. The Hall–Kier alpha value is -1.71. The third-order valence-corrected chi connectivity index (χ3v) is 5.90. The van der Waals surface area contributed by atoms with E-state index in [9.17, 15) is 4.79 Å². The van der Waals surface area contributed by atoms with Gasteiger partial charge in [0.15, 0.2) is 0 Å². The molecule has 23 heavy (non-hydrogen) atoms. The van der Waals surface area contributed by atoms with Crippen LogP contribution in [0.5, 0.6) is 0 Å². The summed E-state index contributed by atoms with van der Waals surface area (Å²) >= 11 is 13.5. The second-order valence-corrected chi connectivity index (χ2v) is 7.44. The highest BCUT2D eigenvalue weighted by molar-refractivity contribution is 6.54. The topological polar surface area (TPSA) is 23.3 Å². The van der Waals surface area contributed by atoms with Crippen molar-refractivity contribution in [2.24, 2.45) is 0 Å². The number of amides is 1. The second-order valence-electron chi connectivity index (χ2n) is 6.16. The van der Waals surface area contributed by atoms with E-state index >= 15 is 0 Å². The minimum atomic E-state index is -1.02. The molecular formula is C18H16Cl2N2O. The minimum absolute atomic E-state index is 0.0155. The molecule has 0 radical (unpaired) electrons. The van der Waals surface area contributed by atoms with Gasteiger partial charge in [-0.1, -0.05) is 65.7 Å². The summed E-state index contributed by atoms with van der Waals surface area (Å²) in [5.41, 5.74) is 2.28. The molecular weight excluding hydrogens is 331 g/mol. The normalized spacial score (nSPS) is 27.7. The Kier molecular flexibility index (Phi) is 3.16. The van der Waals surface area contributed by atoms with E-state index in [4.69, 9.17) is 23.2 Å². The molecule has 0 aliphatic carbocycles. The van der Waals surface area contributed by atoms with Crippen molar-refractivity contribution in [3.63, 3.8) is 0 Å². The molecule has 2 aliphatic heterocycles. The molecule has 0 N–H and O–H groups in total. The van der Waals surface area contributed by atoms with E-state index in [-0.39, 0.29) is 6.04 Å². The summed E-state index contributed by atoms with van der Waals surface area (Å²) in [6.45, 7) is 2.03. The average Bonchev–Trinajstić information content (AvgIpc) is 3.09. The van der Waals surface area contributed by atoms with Crippen LogP contribution >= 0.6 is 23.2 Å². The van der Waals surface area contributed by atoms with Crippen molar-refractivity contribution < 1.29 is 4.79 Å². The van der Waals surface area contributed by atoms with Gasteiger partial charge in [-0.25, -0.2) is 0 Å². The van der Waals surface area contributed by atoms with Crippen LogP contribution in [-0.4, -0.2) is 16.9 Å². The van der Waals surface area contributed by atoms with Crippen molar-refractivity contribution in [1.82, 2.24) is 0 Å². The van der Waals surface area contributed by atoms with Gasteiger partial charge in [0.1, 0.15) is 5.54 Å². The number of rotatable bonds is 2. The highest BCUT2D eigenvalue weighted by Crippen LogP contribution is 2.70. The molecule has 1 fully saturated rings. The first kappa shape index (κ1) is 14.9. The molecule has 5 heteroatoms. The Morgan fingerprint density at radius 1 is 1.04 bits per heavy atom. The summed E-state index contributed by atoms with van der Waals surface area (Å²) in [5, 5.41) is 0. The van der Waals surface area contributed by atoms with Gasteiger partial charge in [0, 0.05) is 12.5 Å². The molecule has 1 amide bonds. The van der Waals surface area contributed by atoms with Gasteiger partial charge < -0.3 is 9.80 Å². The second kappa shape index (κ2) is 4.89. The van der Waals surface area contributed by atoms with Crippen molar-refractivity contribution in [1.29, 1.82) is 0 Å². The molecule has 0 spiro atoms. The van der Waals surface area contributed by atoms with Crippen LogP contribution in [0.1, 0.15) is 18.9 Å². The van der Waals surface area contributed by atoms with Crippen LogP contribution in [0.4, 0.5) is 11.4 Å². The number of carbonyl (C=O) groups excluding carboxylic acids is 1. The van der Waals surface area contributed by atoms with Crippen LogP contribution in [-0.2, 0) is 10.3 Å². The van der Waals surface area contributed by atoms with E-state index in [0.717, 1.165) is 23.3 Å². The van der Waals surface area contributed by atoms with Gasteiger partial charge in [0.2, 0.25) is 10.9 Å². The molecule has 3 nitrogen and oxygen atoms in total. The van der Waals surface area contributed by atoms with E-state index in [1.807, 2.05) is 66.4 Å². The maximum atomic E-state index is 11.7. The Morgan fingerprint density at radius 2 is 1.65 bits per heavy atom. The van der Waals surface area contributed by atoms with E-state index in [1.54, 1.807) is 4.90 Å². The third kappa shape index (κ3) is 1.81. The summed E-state index contributed by atoms with van der Waals surface area (Å²) in [5.74, 6) is 0. The Labute approximate surface area is 145 Å². The highest BCUT2D eigenvalue weighted by Gasteiger charge is 2.76. The molecule has 0 aromatic heterocycles. The lowest BCUT2D eigenvalue weighted by Gasteiger charge is -2.27. The molecule has 0 bridgehead atoms. The molecule has 4 rings (SSSR count). The maximum absolute atomic E-state index is 11.7. The van der Waals surface area contributed by atoms with Crippen molar-refractivity contribution in [2.45, 2.75) is 29.4 Å². The quantitative estimate of drug-likeness (QED) is 0.350. The number of hydrogen-bond acceptors (Lipinski definition) is 2.